The number of methoxy groups -OCH3 is 1. The molecule has 176 valence electrons. The summed E-state index contributed by atoms with van der Waals surface area (Å²) in [7, 11) is -1.25. The zero-order chi connectivity index (χ0) is 23.8. The van der Waals surface area contributed by atoms with Gasteiger partial charge in [0.2, 0.25) is 0 Å². The van der Waals surface area contributed by atoms with Crippen LogP contribution in [-0.4, -0.2) is 37.9 Å². The molecule has 11 heteroatoms. The number of alkyl halides is 2. The normalized spacial score (nSPS) is 23.1. The largest absolute Gasteiger partial charge is 0.496 e. The first-order valence-electron chi connectivity index (χ1n) is 10.2. The quantitative estimate of drug-likeness (QED) is 0.484. The molecule has 0 aliphatic carbocycles. The van der Waals surface area contributed by atoms with Crippen molar-refractivity contribution in [2.45, 2.75) is 31.4 Å². The number of ether oxygens (including phenoxy) is 1. The van der Waals surface area contributed by atoms with E-state index in [1.54, 1.807) is 12.1 Å². The molecule has 3 N–H and O–H groups in total. The van der Waals surface area contributed by atoms with Crippen molar-refractivity contribution in [3.63, 3.8) is 0 Å². The summed E-state index contributed by atoms with van der Waals surface area (Å²) in [5, 5.41) is 14.8. The molecule has 0 saturated carbocycles. The zero-order valence-corrected chi connectivity index (χ0v) is 18.6. The summed E-state index contributed by atoms with van der Waals surface area (Å²) in [6.07, 6.45) is -1.34. The summed E-state index contributed by atoms with van der Waals surface area (Å²) in [5.74, 6) is -0.115. The molecule has 0 radical (unpaired) electrons. The van der Waals surface area contributed by atoms with Crippen LogP contribution < -0.4 is 10.1 Å². The van der Waals surface area contributed by atoms with E-state index in [1.807, 2.05) is 0 Å². The second kappa shape index (κ2) is 8.79. The van der Waals surface area contributed by atoms with E-state index < -0.39 is 33.1 Å². The van der Waals surface area contributed by atoms with Crippen LogP contribution in [0.15, 0.2) is 36.7 Å². The highest BCUT2D eigenvalue weighted by molar-refractivity contribution is 7.92. The Kier molecular flexibility index (Phi) is 6.19. The van der Waals surface area contributed by atoms with Crippen LogP contribution in [0.2, 0.25) is 0 Å². The maximum absolute atomic E-state index is 14.4. The zero-order valence-electron chi connectivity index (χ0n) is 17.8. The summed E-state index contributed by atoms with van der Waals surface area (Å²) in [6.45, 7) is -0.0922. The summed E-state index contributed by atoms with van der Waals surface area (Å²) < 4.78 is 65.8. The van der Waals surface area contributed by atoms with Crippen LogP contribution in [-0.2, 0) is 21.9 Å². The van der Waals surface area contributed by atoms with Crippen molar-refractivity contribution in [1.29, 1.82) is 4.78 Å². The van der Waals surface area contributed by atoms with Crippen LogP contribution in [0.1, 0.15) is 36.0 Å². The molecule has 0 spiro atoms. The molecule has 4 rings (SSSR count). The summed E-state index contributed by atoms with van der Waals surface area (Å²) in [6, 6.07) is 7.13. The third kappa shape index (κ3) is 4.60. The van der Waals surface area contributed by atoms with Gasteiger partial charge in [-0.05, 0) is 18.9 Å². The van der Waals surface area contributed by atoms with Crippen molar-refractivity contribution in [3.05, 3.63) is 59.2 Å². The topological polar surface area (TPSA) is 108 Å². The molecule has 33 heavy (non-hydrogen) atoms. The third-order valence-corrected chi connectivity index (χ3v) is 7.67. The Morgan fingerprint density at radius 3 is 2.67 bits per heavy atom. The van der Waals surface area contributed by atoms with Crippen LogP contribution in [0.3, 0.4) is 0 Å². The lowest BCUT2D eigenvalue weighted by molar-refractivity contribution is 0.0247. The first-order chi connectivity index (χ1) is 15.6. The number of benzene rings is 2. The predicted octanol–water partition coefficient (Wildman–Crippen LogP) is 4.36. The highest BCUT2D eigenvalue weighted by atomic mass is 32.2. The lowest BCUT2D eigenvalue weighted by atomic mass is 9.86. The minimum Gasteiger partial charge on any atom is -0.496 e. The van der Waals surface area contributed by atoms with Crippen LogP contribution >= 0.6 is 0 Å². The van der Waals surface area contributed by atoms with Gasteiger partial charge in [-0.3, -0.25) is 4.78 Å². The van der Waals surface area contributed by atoms with E-state index in [2.05, 4.69) is 15.3 Å². The maximum Gasteiger partial charge on any atom is 0.266 e. The van der Waals surface area contributed by atoms with Crippen molar-refractivity contribution in [2.24, 2.45) is 0 Å². The fraction of sp³-hybridized carbons (Fsp3) is 0.364. The average Bonchev–Trinajstić information content (AvgIpc) is 2.79. The molecule has 1 aliphatic heterocycles. The molecule has 0 unspecified atom stereocenters. The monoisotopic (exact) mass is 480 g/mol. The van der Waals surface area contributed by atoms with Crippen LogP contribution in [0.5, 0.6) is 5.75 Å². The number of rotatable bonds is 6. The second-order valence-electron chi connectivity index (χ2n) is 8.02. The number of nitrogens with one attached hydrogen (secondary N) is 2. The van der Waals surface area contributed by atoms with E-state index in [1.165, 1.54) is 25.6 Å². The number of fused-ring (bicyclic) bond motifs is 1. The molecule has 0 amide bonds. The van der Waals surface area contributed by atoms with Crippen molar-refractivity contribution in [1.82, 2.24) is 9.97 Å². The minimum absolute atomic E-state index is 0.0596. The molecule has 1 fully saturated rings. The number of nitrogens with zero attached hydrogens (tertiary/aromatic N) is 2. The van der Waals surface area contributed by atoms with E-state index in [9.17, 15) is 22.5 Å². The van der Waals surface area contributed by atoms with Gasteiger partial charge in [-0.25, -0.2) is 27.3 Å². The van der Waals surface area contributed by atoms with Crippen molar-refractivity contribution < 1.29 is 27.2 Å². The first-order valence-corrected chi connectivity index (χ1v) is 12.1. The summed E-state index contributed by atoms with van der Waals surface area (Å²) in [5.41, 5.74) is -0.995. The van der Waals surface area contributed by atoms with Gasteiger partial charge in [0, 0.05) is 50.4 Å². The maximum atomic E-state index is 14.4. The molecule has 1 aliphatic rings. The number of hydrogen-bond donors (Lipinski definition) is 3. The lowest BCUT2D eigenvalue weighted by Crippen LogP contribution is -2.36. The van der Waals surface area contributed by atoms with Gasteiger partial charge in [0.05, 0.1) is 23.8 Å². The van der Waals surface area contributed by atoms with Crippen LogP contribution in [0, 0.1) is 10.6 Å². The van der Waals surface area contributed by atoms with Crippen molar-refractivity contribution in [3.8, 4) is 5.75 Å². The molecule has 7 nitrogen and oxygen atoms in total. The molecule has 1 aromatic heterocycles. The highest BCUT2D eigenvalue weighted by Gasteiger charge is 2.38. The Hall–Kier alpha value is -2.92. The Morgan fingerprint density at radius 2 is 2.00 bits per heavy atom. The fourth-order valence-corrected chi connectivity index (χ4v) is 5.54. The lowest BCUT2D eigenvalue weighted by Gasteiger charge is -2.34. The Bertz CT molecular complexity index is 1290. The highest BCUT2D eigenvalue weighted by Crippen LogP contribution is 2.41. The van der Waals surface area contributed by atoms with Gasteiger partial charge in [-0.1, -0.05) is 18.2 Å². The van der Waals surface area contributed by atoms with Crippen molar-refractivity contribution >= 4 is 26.4 Å². The number of aromatic nitrogens is 2. The Balaban J connectivity index is 1.71. The molecule has 1 saturated heterocycles. The van der Waals surface area contributed by atoms with E-state index in [4.69, 9.17) is 9.52 Å². The SMILES string of the molecule is COc1cc2ncnc(NCc3cccc(C(F)F)c3F)c2cc1C1(O)CCS(=N)(=O)CC1. The van der Waals surface area contributed by atoms with Gasteiger partial charge in [-0.15, -0.1) is 0 Å². The molecule has 2 aromatic carbocycles. The molecule has 3 aromatic rings. The van der Waals surface area contributed by atoms with Gasteiger partial charge in [-0.2, -0.15) is 0 Å². The molecule has 0 bridgehead atoms. The fourth-order valence-electron chi connectivity index (χ4n) is 4.00. The smallest absolute Gasteiger partial charge is 0.266 e. The minimum atomic E-state index is -2.92. The van der Waals surface area contributed by atoms with E-state index in [-0.39, 0.29) is 36.5 Å². The van der Waals surface area contributed by atoms with Gasteiger partial charge >= 0.3 is 0 Å². The second-order valence-corrected chi connectivity index (χ2v) is 10.5. The van der Waals surface area contributed by atoms with E-state index in [0.717, 1.165) is 6.07 Å². The number of aliphatic hydroxyl groups is 1. The van der Waals surface area contributed by atoms with E-state index in [0.29, 0.717) is 28.0 Å². The molecule has 2 heterocycles. The standard InChI is InChI=1S/C22H23F3N4O3S/c1-32-18-10-17-15(9-16(18)22(30)5-7-33(26,31)8-6-22)21(29-12-28-17)27-11-13-3-2-4-14(19(13)23)20(24)25/h2-4,9-10,12,20,26,30H,5-8,11H2,1H3,(H,27,28,29). The van der Waals surface area contributed by atoms with Gasteiger partial charge in [0.1, 0.15) is 23.7 Å². The summed E-state index contributed by atoms with van der Waals surface area (Å²) >= 11 is 0. The van der Waals surface area contributed by atoms with Crippen LogP contribution in [0.4, 0.5) is 19.0 Å². The Morgan fingerprint density at radius 1 is 1.27 bits per heavy atom. The van der Waals surface area contributed by atoms with Gasteiger partial charge in [0.15, 0.2) is 0 Å². The number of anilines is 1. The van der Waals surface area contributed by atoms with Crippen molar-refractivity contribution in [2.75, 3.05) is 23.9 Å². The Labute approximate surface area is 189 Å². The molecular weight excluding hydrogens is 457 g/mol. The van der Waals surface area contributed by atoms with Crippen LogP contribution in [0.25, 0.3) is 10.9 Å². The van der Waals surface area contributed by atoms with Gasteiger partial charge in [0.25, 0.3) is 6.43 Å². The average molecular weight is 481 g/mol. The molecule has 0 atom stereocenters. The summed E-state index contributed by atoms with van der Waals surface area (Å²) in [4.78, 5) is 8.44. The third-order valence-electron chi connectivity index (χ3n) is 5.94. The molecular formula is C22H23F3N4O3S. The van der Waals surface area contributed by atoms with Gasteiger partial charge < -0.3 is 15.2 Å². The first kappa shape index (κ1) is 23.2. The number of hydrogen-bond acceptors (Lipinski definition) is 7. The number of halogens is 3. The predicted molar refractivity (Wildman–Crippen MR) is 119 cm³/mol. The van der Waals surface area contributed by atoms with E-state index >= 15 is 0 Å².